The highest BCUT2D eigenvalue weighted by Crippen LogP contribution is 2.36. The summed E-state index contributed by atoms with van der Waals surface area (Å²) < 4.78 is 41.6. The zero-order valence-electron chi connectivity index (χ0n) is 17.6. The molecule has 1 fully saturated rings. The van der Waals surface area contributed by atoms with Gasteiger partial charge < -0.3 is 5.32 Å². The van der Waals surface area contributed by atoms with Crippen molar-refractivity contribution in [3.8, 4) is 0 Å². The molecule has 0 bridgehead atoms. The third-order valence-electron chi connectivity index (χ3n) is 6.38. The molecule has 2 aromatic rings. The fraction of sp³-hybridized carbons (Fsp3) is 0.458. The van der Waals surface area contributed by atoms with Crippen molar-refractivity contribution in [1.82, 2.24) is 9.62 Å². The van der Waals surface area contributed by atoms with E-state index < -0.39 is 21.9 Å². The minimum atomic E-state index is -3.87. The average Bonchev–Trinajstić information content (AvgIpc) is 3.02. The van der Waals surface area contributed by atoms with Crippen molar-refractivity contribution < 1.29 is 17.6 Å². The van der Waals surface area contributed by atoms with Crippen LogP contribution in [0.2, 0.25) is 0 Å². The van der Waals surface area contributed by atoms with E-state index >= 15 is 0 Å². The van der Waals surface area contributed by atoms with Gasteiger partial charge in [-0.3, -0.25) is 4.79 Å². The molecule has 1 aliphatic carbocycles. The van der Waals surface area contributed by atoms with Crippen LogP contribution in [0.5, 0.6) is 0 Å². The quantitative estimate of drug-likeness (QED) is 0.698. The summed E-state index contributed by atoms with van der Waals surface area (Å²) in [6.45, 7) is 0.290. The lowest BCUT2D eigenvalue weighted by molar-refractivity contribution is -0.122. The number of benzene rings is 2. The summed E-state index contributed by atoms with van der Waals surface area (Å²) >= 11 is 0. The van der Waals surface area contributed by atoms with Gasteiger partial charge in [-0.1, -0.05) is 49.9 Å². The number of nitrogens with zero attached hydrogens (tertiary/aromatic N) is 1. The van der Waals surface area contributed by atoms with Crippen LogP contribution in [0, 0.1) is 5.82 Å². The molecule has 7 heteroatoms. The lowest BCUT2D eigenvalue weighted by atomic mass is 9.92. The Morgan fingerprint density at radius 3 is 2.39 bits per heavy atom. The molecule has 0 aromatic heterocycles. The lowest BCUT2D eigenvalue weighted by Gasteiger charge is -2.36. The second-order valence-electron chi connectivity index (χ2n) is 8.49. The summed E-state index contributed by atoms with van der Waals surface area (Å²) in [5.74, 6) is -0.602. The molecule has 1 aliphatic heterocycles. The number of halogens is 1. The minimum absolute atomic E-state index is 0.0439. The molecule has 5 nitrogen and oxygen atoms in total. The van der Waals surface area contributed by atoms with Gasteiger partial charge in [0.25, 0.3) is 0 Å². The largest absolute Gasteiger partial charge is 0.353 e. The smallest absolute Gasteiger partial charge is 0.243 e. The van der Waals surface area contributed by atoms with E-state index in [1.165, 1.54) is 29.3 Å². The zero-order valence-corrected chi connectivity index (χ0v) is 18.4. The second kappa shape index (κ2) is 9.49. The van der Waals surface area contributed by atoms with Crippen LogP contribution in [-0.2, 0) is 21.2 Å². The summed E-state index contributed by atoms with van der Waals surface area (Å²) in [6, 6.07) is 12.2. The van der Waals surface area contributed by atoms with E-state index in [1.807, 2.05) is 24.3 Å². The van der Waals surface area contributed by atoms with Crippen LogP contribution >= 0.6 is 0 Å². The SMILES string of the molecule is O=C(C[C@H]1c2ccccc2CCN1S(=O)(=O)c1ccc(F)cc1)NC1CCCCCC1. The molecule has 166 valence electrons. The Bertz CT molecular complexity index is 1020. The monoisotopic (exact) mass is 444 g/mol. The number of hydrogen-bond acceptors (Lipinski definition) is 3. The van der Waals surface area contributed by atoms with Gasteiger partial charge in [-0.2, -0.15) is 4.31 Å². The topological polar surface area (TPSA) is 66.5 Å². The van der Waals surface area contributed by atoms with Gasteiger partial charge in [-0.15, -0.1) is 0 Å². The summed E-state index contributed by atoms with van der Waals surface area (Å²) in [5.41, 5.74) is 1.94. The van der Waals surface area contributed by atoms with Crippen LogP contribution in [0.15, 0.2) is 53.4 Å². The van der Waals surface area contributed by atoms with Crippen molar-refractivity contribution in [2.45, 2.75) is 68.3 Å². The van der Waals surface area contributed by atoms with Gasteiger partial charge in [0.05, 0.1) is 10.9 Å². The van der Waals surface area contributed by atoms with Crippen molar-refractivity contribution >= 4 is 15.9 Å². The molecule has 1 saturated carbocycles. The Morgan fingerprint density at radius 1 is 1.00 bits per heavy atom. The Kier molecular flexibility index (Phi) is 6.72. The summed E-state index contributed by atoms with van der Waals surface area (Å²) in [5, 5.41) is 3.15. The van der Waals surface area contributed by atoms with E-state index in [0.29, 0.717) is 6.42 Å². The Balaban J connectivity index is 1.60. The van der Waals surface area contributed by atoms with Gasteiger partial charge in [0.1, 0.15) is 5.82 Å². The molecule has 2 aromatic carbocycles. The van der Waals surface area contributed by atoms with Crippen LogP contribution in [-0.4, -0.2) is 31.2 Å². The molecule has 1 atom stereocenters. The molecule has 1 heterocycles. The molecule has 0 radical (unpaired) electrons. The number of sulfonamides is 1. The molecular formula is C24H29FN2O3S. The lowest BCUT2D eigenvalue weighted by Crippen LogP contribution is -2.43. The Hall–Kier alpha value is -2.25. The van der Waals surface area contributed by atoms with Gasteiger partial charge in [0.2, 0.25) is 15.9 Å². The van der Waals surface area contributed by atoms with Crippen LogP contribution < -0.4 is 5.32 Å². The zero-order chi connectivity index (χ0) is 21.8. The number of carbonyl (C=O) groups is 1. The molecular weight excluding hydrogens is 415 g/mol. The van der Waals surface area contributed by atoms with E-state index in [-0.39, 0.29) is 29.8 Å². The fourth-order valence-electron chi connectivity index (χ4n) is 4.76. The summed E-state index contributed by atoms with van der Waals surface area (Å²) in [4.78, 5) is 13.0. The molecule has 1 amide bonds. The maximum absolute atomic E-state index is 13.4. The van der Waals surface area contributed by atoms with Crippen LogP contribution in [0.25, 0.3) is 0 Å². The Morgan fingerprint density at radius 2 is 1.68 bits per heavy atom. The minimum Gasteiger partial charge on any atom is -0.353 e. The third kappa shape index (κ3) is 4.99. The van der Waals surface area contributed by atoms with Crippen LogP contribution in [0.1, 0.15) is 62.1 Å². The predicted molar refractivity (Wildman–Crippen MR) is 117 cm³/mol. The average molecular weight is 445 g/mol. The van der Waals surface area contributed by atoms with E-state index in [0.717, 1.165) is 48.9 Å². The molecule has 1 N–H and O–H groups in total. The van der Waals surface area contributed by atoms with Gasteiger partial charge in [-0.05, 0) is 54.7 Å². The maximum Gasteiger partial charge on any atom is 0.243 e. The van der Waals surface area contributed by atoms with E-state index in [4.69, 9.17) is 0 Å². The van der Waals surface area contributed by atoms with Crippen molar-refractivity contribution in [2.24, 2.45) is 0 Å². The number of amides is 1. The van der Waals surface area contributed by atoms with Gasteiger partial charge >= 0.3 is 0 Å². The maximum atomic E-state index is 13.4. The standard InChI is InChI=1S/C24H29FN2O3S/c25-19-11-13-21(14-12-19)31(29,30)27-16-15-18-7-5-6-10-22(18)23(27)17-24(28)26-20-8-3-1-2-4-9-20/h5-7,10-14,20,23H,1-4,8-9,15-17H2,(H,26,28)/t23-/m0/s1. The van der Waals surface area contributed by atoms with Gasteiger partial charge in [0.15, 0.2) is 0 Å². The highest BCUT2D eigenvalue weighted by Gasteiger charge is 2.37. The molecule has 2 aliphatic rings. The second-order valence-corrected chi connectivity index (χ2v) is 10.4. The molecule has 31 heavy (non-hydrogen) atoms. The highest BCUT2D eigenvalue weighted by atomic mass is 32.2. The number of fused-ring (bicyclic) bond motifs is 1. The first-order chi connectivity index (χ1) is 14.9. The van der Waals surface area contributed by atoms with Gasteiger partial charge in [0, 0.05) is 19.0 Å². The van der Waals surface area contributed by atoms with Crippen molar-refractivity contribution in [3.05, 3.63) is 65.5 Å². The van der Waals surface area contributed by atoms with Crippen molar-refractivity contribution in [2.75, 3.05) is 6.54 Å². The van der Waals surface area contributed by atoms with Crippen LogP contribution in [0.4, 0.5) is 4.39 Å². The molecule has 4 rings (SSSR count). The fourth-order valence-corrected chi connectivity index (χ4v) is 6.36. The first kappa shape index (κ1) is 22.0. The van der Waals surface area contributed by atoms with Crippen LogP contribution in [0.3, 0.4) is 0 Å². The summed E-state index contributed by atoms with van der Waals surface area (Å²) in [6.07, 6.45) is 7.24. The number of rotatable bonds is 5. The number of hydrogen-bond donors (Lipinski definition) is 1. The van der Waals surface area contributed by atoms with E-state index in [9.17, 15) is 17.6 Å². The van der Waals surface area contributed by atoms with Crippen molar-refractivity contribution in [3.63, 3.8) is 0 Å². The number of carbonyl (C=O) groups excluding carboxylic acids is 1. The number of nitrogens with one attached hydrogen (secondary N) is 1. The van der Waals surface area contributed by atoms with Crippen molar-refractivity contribution in [1.29, 1.82) is 0 Å². The Labute approximate surface area is 183 Å². The molecule has 0 saturated heterocycles. The van der Waals surface area contributed by atoms with E-state index in [1.54, 1.807) is 0 Å². The molecule has 0 unspecified atom stereocenters. The predicted octanol–water partition coefficient (Wildman–Crippen LogP) is 4.34. The summed E-state index contributed by atoms with van der Waals surface area (Å²) in [7, 11) is -3.87. The van der Waals surface area contributed by atoms with E-state index in [2.05, 4.69) is 5.32 Å². The normalized spacial score (nSPS) is 20.6. The first-order valence-electron chi connectivity index (χ1n) is 11.1. The highest BCUT2D eigenvalue weighted by molar-refractivity contribution is 7.89. The first-order valence-corrected chi connectivity index (χ1v) is 12.5. The molecule has 0 spiro atoms. The van der Waals surface area contributed by atoms with Gasteiger partial charge in [-0.25, -0.2) is 12.8 Å². The third-order valence-corrected chi connectivity index (χ3v) is 8.30.